The first kappa shape index (κ1) is 13.7. The molecule has 0 bridgehead atoms. The molecule has 1 amide bonds. The first-order valence-corrected chi connectivity index (χ1v) is 6.75. The zero-order valence-corrected chi connectivity index (χ0v) is 11.5. The fourth-order valence-corrected chi connectivity index (χ4v) is 2.16. The summed E-state index contributed by atoms with van der Waals surface area (Å²) in [6.45, 7) is 4.38. The Bertz CT molecular complexity index is 577. The molecule has 3 rings (SSSR count). The molecule has 1 aliphatic heterocycles. The van der Waals surface area contributed by atoms with Gasteiger partial charge in [0, 0.05) is 25.3 Å². The molecule has 1 fully saturated rings. The maximum atomic E-state index is 11.8. The lowest BCUT2D eigenvalue weighted by Gasteiger charge is -2.26. The summed E-state index contributed by atoms with van der Waals surface area (Å²) >= 11 is 0. The number of anilines is 1. The zero-order chi connectivity index (χ0) is 14.5. The van der Waals surface area contributed by atoms with Gasteiger partial charge in [0.25, 0.3) is 11.7 Å². The number of ether oxygens (including phenoxy) is 1. The lowest BCUT2D eigenvalue weighted by molar-refractivity contribution is 0.0342. The van der Waals surface area contributed by atoms with Crippen molar-refractivity contribution in [2.45, 2.75) is 6.54 Å². The summed E-state index contributed by atoms with van der Waals surface area (Å²) in [4.78, 5) is 14.1. The zero-order valence-electron chi connectivity index (χ0n) is 11.5. The highest BCUT2D eigenvalue weighted by Gasteiger charge is 2.12. The number of aromatic amines is 1. The lowest BCUT2D eigenvalue weighted by Crippen LogP contribution is -2.35. The average Bonchev–Trinajstić information content (AvgIpc) is 3.05. The van der Waals surface area contributed by atoms with E-state index in [1.165, 1.54) is 5.56 Å². The summed E-state index contributed by atoms with van der Waals surface area (Å²) in [5, 5.41) is 15.6. The number of amides is 1. The number of aromatic nitrogens is 4. The van der Waals surface area contributed by atoms with Crippen molar-refractivity contribution in [1.82, 2.24) is 25.5 Å². The average molecular weight is 288 g/mol. The highest BCUT2D eigenvalue weighted by Crippen LogP contribution is 2.13. The van der Waals surface area contributed by atoms with Gasteiger partial charge in [-0.1, -0.05) is 12.1 Å². The SMILES string of the molecule is O=C(Nc1ccc(CN2CCOCC2)cc1)c1nn[nH]n1. The lowest BCUT2D eigenvalue weighted by atomic mass is 10.2. The Labute approximate surface area is 121 Å². The summed E-state index contributed by atoms with van der Waals surface area (Å²) in [6.07, 6.45) is 0. The maximum absolute atomic E-state index is 11.8. The fourth-order valence-electron chi connectivity index (χ4n) is 2.16. The van der Waals surface area contributed by atoms with Gasteiger partial charge in [0.15, 0.2) is 0 Å². The molecule has 0 spiro atoms. The number of tetrazole rings is 1. The van der Waals surface area contributed by atoms with Crippen LogP contribution >= 0.6 is 0 Å². The number of carbonyl (C=O) groups excluding carboxylic acids is 1. The Morgan fingerprint density at radius 1 is 1.29 bits per heavy atom. The van der Waals surface area contributed by atoms with E-state index < -0.39 is 0 Å². The van der Waals surface area contributed by atoms with Crippen molar-refractivity contribution in [3.8, 4) is 0 Å². The Morgan fingerprint density at radius 2 is 2.05 bits per heavy atom. The minimum atomic E-state index is -0.385. The number of hydrogen-bond acceptors (Lipinski definition) is 6. The highest BCUT2D eigenvalue weighted by molar-refractivity contribution is 6.01. The summed E-state index contributed by atoms with van der Waals surface area (Å²) < 4.78 is 5.33. The van der Waals surface area contributed by atoms with Gasteiger partial charge >= 0.3 is 0 Å². The fraction of sp³-hybridized carbons (Fsp3) is 0.385. The van der Waals surface area contributed by atoms with Gasteiger partial charge in [-0.2, -0.15) is 5.21 Å². The topological polar surface area (TPSA) is 96.0 Å². The number of morpholine rings is 1. The predicted molar refractivity (Wildman–Crippen MR) is 74.7 cm³/mol. The smallest absolute Gasteiger partial charge is 0.297 e. The summed E-state index contributed by atoms with van der Waals surface area (Å²) in [7, 11) is 0. The molecule has 1 aliphatic rings. The molecular formula is C13H16N6O2. The monoisotopic (exact) mass is 288 g/mol. The van der Waals surface area contributed by atoms with Crippen LogP contribution in [0, 0.1) is 0 Å². The molecule has 1 aromatic carbocycles. The molecule has 0 unspecified atom stereocenters. The molecule has 21 heavy (non-hydrogen) atoms. The molecule has 0 atom stereocenters. The number of nitrogens with zero attached hydrogens (tertiary/aromatic N) is 4. The van der Waals surface area contributed by atoms with Gasteiger partial charge < -0.3 is 10.1 Å². The third-order valence-corrected chi connectivity index (χ3v) is 3.27. The van der Waals surface area contributed by atoms with Crippen LogP contribution in [-0.4, -0.2) is 57.7 Å². The van der Waals surface area contributed by atoms with Crippen LogP contribution in [0.4, 0.5) is 5.69 Å². The molecule has 0 saturated carbocycles. The molecule has 0 aliphatic carbocycles. The van der Waals surface area contributed by atoms with Crippen molar-refractivity contribution >= 4 is 11.6 Å². The summed E-state index contributed by atoms with van der Waals surface area (Å²) in [5.74, 6) is -0.364. The van der Waals surface area contributed by atoms with Crippen LogP contribution in [0.5, 0.6) is 0 Å². The van der Waals surface area contributed by atoms with Gasteiger partial charge in [-0.25, -0.2) is 0 Å². The Balaban J connectivity index is 1.57. The van der Waals surface area contributed by atoms with Crippen molar-refractivity contribution in [1.29, 1.82) is 0 Å². The number of nitrogens with one attached hydrogen (secondary N) is 2. The molecule has 2 aromatic rings. The minimum Gasteiger partial charge on any atom is -0.379 e. The summed E-state index contributed by atoms with van der Waals surface area (Å²) in [6, 6.07) is 7.74. The van der Waals surface area contributed by atoms with E-state index in [1.807, 2.05) is 24.3 Å². The van der Waals surface area contributed by atoms with E-state index in [2.05, 4.69) is 30.8 Å². The normalized spacial score (nSPS) is 15.8. The van der Waals surface area contributed by atoms with Crippen LogP contribution in [0.3, 0.4) is 0 Å². The van der Waals surface area contributed by atoms with Crippen LogP contribution in [0.25, 0.3) is 0 Å². The van der Waals surface area contributed by atoms with Crippen LogP contribution in [0.15, 0.2) is 24.3 Å². The number of H-pyrrole nitrogens is 1. The molecule has 110 valence electrons. The highest BCUT2D eigenvalue weighted by atomic mass is 16.5. The van der Waals surface area contributed by atoms with Crippen molar-refractivity contribution in [3.63, 3.8) is 0 Å². The van der Waals surface area contributed by atoms with E-state index in [-0.39, 0.29) is 11.7 Å². The van der Waals surface area contributed by atoms with Crippen molar-refractivity contribution in [2.75, 3.05) is 31.6 Å². The van der Waals surface area contributed by atoms with Crippen LogP contribution < -0.4 is 5.32 Å². The third kappa shape index (κ3) is 3.61. The third-order valence-electron chi connectivity index (χ3n) is 3.27. The van der Waals surface area contributed by atoms with Gasteiger partial charge in [-0.15, -0.1) is 10.2 Å². The number of hydrogen-bond donors (Lipinski definition) is 2. The Hall–Kier alpha value is -2.32. The van der Waals surface area contributed by atoms with E-state index >= 15 is 0 Å². The largest absolute Gasteiger partial charge is 0.379 e. The van der Waals surface area contributed by atoms with E-state index in [0.29, 0.717) is 5.69 Å². The van der Waals surface area contributed by atoms with Crippen LogP contribution in [0.2, 0.25) is 0 Å². The molecular weight excluding hydrogens is 272 g/mol. The van der Waals surface area contributed by atoms with E-state index in [0.717, 1.165) is 32.8 Å². The van der Waals surface area contributed by atoms with Gasteiger partial charge in [-0.3, -0.25) is 9.69 Å². The molecule has 1 aromatic heterocycles. The Kier molecular flexibility index (Phi) is 4.17. The molecule has 2 heterocycles. The van der Waals surface area contributed by atoms with E-state index in [9.17, 15) is 4.79 Å². The van der Waals surface area contributed by atoms with Gasteiger partial charge in [-0.05, 0) is 22.9 Å². The second-order valence-electron chi connectivity index (χ2n) is 4.77. The van der Waals surface area contributed by atoms with Crippen LogP contribution in [0.1, 0.15) is 16.2 Å². The van der Waals surface area contributed by atoms with Gasteiger partial charge in [0.05, 0.1) is 13.2 Å². The summed E-state index contributed by atoms with van der Waals surface area (Å²) in [5.41, 5.74) is 1.91. The van der Waals surface area contributed by atoms with E-state index in [4.69, 9.17) is 4.74 Å². The first-order chi connectivity index (χ1) is 10.3. The molecule has 8 heteroatoms. The molecule has 8 nitrogen and oxygen atoms in total. The number of rotatable bonds is 4. The maximum Gasteiger partial charge on any atom is 0.297 e. The Morgan fingerprint density at radius 3 is 2.71 bits per heavy atom. The molecule has 2 N–H and O–H groups in total. The standard InChI is InChI=1S/C13H16N6O2/c20-13(12-15-17-18-16-12)14-11-3-1-10(2-4-11)9-19-5-7-21-8-6-19/h1-4H,5-9H2,(H,14,20)(H,15,16,17,18). The number of carbonyl (C=O) groups is 1. The van der Waals surface area contributed by atoms with Gasteiger partial charge in [0.1, 0.15) is 0 Å². The van der Waals surface area contributed by atoms with Crippen molar-refractivity contribution < 1.29 is 9.53 Å². The number of benzene rings is 1. The second kappa shape index (κ2) is 6.42. The van der Waals surface area contributed by atoms with Gasteiger partial charge in [0.2, 0.25) is 0 Å². The predicted octanol–water partition coefficient (Wildman–Crippen LogP) is 0.284. The quantitative estimate of drug-likeness (QED) is 0.839. The van der Waals surface area contributed by atoms with E-state index in [1.54, 1.807) is 0 Å². The van der Waals surface area contributed by atoms with Crippen molar-refractivity contribution in [2.24, 2.45) is 0 Å². The molecule has 0 radical (unpaired) electrons. The van der Waals surface area contributed by atoms with Crippen molar-refractivity contribution in [3.05, 3.63) is 35.7 Å². The minimum absolute atomic E-state index is 0.0207. The van der Waals surface area contributed by atoms with Crippen LogP contribution in [-0.2, 0) is 11.3 Å². The first-order valence-electron chi connectivity index (χ1n) is 6.75. The molecule has 1 saturated heterocycles. The second-order valence-corrected chi connectivity index (χ2v) is 4.77.